The van der Waals surface area contributed by atoms with Crippen molar-refractivity contribution in [1.29, 1.82) is 0 Å². The average molecular weight is 207 g/mol. The number of alkyl halides is 3. The molecule has 0 aromatic carbocycles. The van der Waals surface area contributed by atoms with Gasteiger partial charge in [-0.15, -0.1) is 0 Å². The zero-order chi connectivity index (χ0) is 3.58. The van der Waals surface area contributed by atoms with Gasteiger partial charge in [0.2, 0.25) is 0 Å². The van der Waals surface area contributed by atoms with Crippen molar-refractivity contribution in [2.45, 2.75) is 6.68 Å². The second-order valence-corrected chi connectivity index (χ2v) is 0.247. The third-order valence-corrected chi connectivity index (χ3v) is 0. The van der Waals surface area contributed by atoms with E-state index in [4.69, 9.17) is 0 Å². The van der Waals surface area contributed by atoms with E-state index in [-0.39, 0.29) is 48.9 Å². The Bertz CT molecular complexity index is 11.6. The largest absolute Gasteiger partial charge is 0.379 e. The Morgan fingerprint density at radius 3 is 1.00 bits per heavy atom. The minimum atomic E-state index is -3.67. The molecule has 0 saturated carbocycles. The first kappa shape index (κ1) is 9.61. The summed E-state index contributed by atoms with van der Waals surface area (Å²) in [5.74, 6) is 0. The molecule has 0 atom stereocenters. The van der Waals surface area contributed by atoms with Crippen LogP contribution in [-0.4, -0.2) is 55.6 Å². The first-order valence-electron chi connectivity index (χ1n) is 0.655. The Hall–Kier alpha value is 1.36. The fourth-order valence-corrected chi connectivity index (χ4v) is 0. The number of hydrogen-bond acceptors (Lipinski definition) is 0. The van der Waals surface area contributed by atoms with E-state index in [1.807, 2.05) is 0 Å². The van der Waals surface area contributed by atoms with Gasteiger partial charge in [0, 0.05) is 48.9 Å². The van der Waals surface area contributed by atoms with Gasteiger partial charge >= 0.3 is 6.68 Å². The molecule has 0 aliphatic rings. The molecule has 28 valence electrons. The average Bonchev–Trinajstić information content (AvgIpc) is 0.811. The first-order valence-corrected chi connectivity index (χ1v) is 0.655. The van der Waals surface area contributed by atoms with Gasteiger partial charge in [-0.2, -0.15) is 13.2 Å². The van der Waals surface area contributed by atoms with Crippen LogP contribution in [-0.2, 0) is 0 Å². The molecule has 0 spiro atoms. The molecule has 0 bridgehead atoms. The summed E-state index contributed by atoms with van der Waals surface area (Å²) < 4.78 is 29.0. The van der Waals surface area contributed by atoms with Crippen LogP contribution in [0.1, 0.15) is 0 Å². The Labute approximate surface area is 67.8 Å². The summed E-state index contributed by atoms with van der Waals surface area (Å²) in [5.41, 5.74) is 0. The predicted octanol–water partition coefficient (Wildman–Crippen LogP) is 0.798. The molecule has 0 N–H and O–H groups in total. The van der Waals surface area contributed by atoms with E-state index >= 15 is 0 Å². The molecule has 0 aliphatic carbocycles. The van der Waals surface area contributed by atoms with Gasteiger partial charge in [0.15, 0.2) is 0 Å². The predicted molar refractivity (Wildman–Crippen MR) is 12.9 cm³/mol. The van der Waals surface area contributed by atoms with Crippen molar-refractivity contribution < 1.29 is 13.2 Å². The van der Waals surface area contributed by atoms with Crippen LogP contribution in [0.5, 0.6) is 0 Å². The molecule has 0 saturated heterocycles. The second-order valence-electron chi connectivity index (χ2n) is 0.247. The third kappa shape index (κ3) is 32.7. The van der Waals surface area contributed by atoms with Gasteiger partial charge in [-0.25, -0.2) is 0 Å². The fourth-order valence-electron chi connectivity index (χ4n) is 0. The van der Waals surface area contributed by atoms with E-state index in [1.54, 1.807) is 0 Å². The van der Waals surface area contributed by atoms with Crippen LogP contribution in [0.15, 0.2) is 0 Å². The van der Waals surface area contributed by atoms with Crippen LogP contribution in [0.4, 0.5) is 13.2 Å². The molecule has 2 radical (unpaired) electrons. The van der Waals surface area contributed by atoms with Gasteiger partial charge < -0.3 is 0 Å². The monoisotopic (exact) mass is 208 g/mol. The summed E-state index contributed by atoms with van der Waals surface area (Å²) in [6.45, 7) is -3.67. The van der Waals surface area contributed by atoms with Crippen LogP contribution >= 0.6 is 0 Å². The summed E-state index contributed by atoms with van der Waals surface area (Å²) in [5, 5.41) is 0. The fraction of sp³-hybridized carbons (Fsp3) is 1.00. The summed E-state index contributed by atoms with van der Waals surface area (Å²) in [6, 6.07) is 0. The smallest absolute Gasteiger partial charge is 0.174 e. The molecule has 5 heavy (non-hydrogen) atoms. The Balaban J connectivity index is 0. The Kier molecular flexibility index (Phi) is 10.3. The van der Waals surface area contributed by atoms with Gasteiger partial charge in [0.25, 0.3) is 0 Å². The second kappa shape index (κ2) is 5.36. The van der Waals surface area contributed by atoms with Gasteiger partial charge in [0.1, 0.15) is 0 Å². The van der Waals surface area contributed by atoms with E-state index in [0.29, 0.717) is 0 Å². The molecule has 0 nitrogen and oxygen atoms in total. The van der Waals surface area contributed by atoms with Crippen LogP contribution in [0.2, 0.25) is 0 Å². The van der Waals surface area contributed by atoms with Crippen molar-refractivity contribution >= 4 is 48.9 Å². The van der Waals surface area contributed by atoms with Crippen molar-refractivity contribution in [3.05, 3.63) is 0 Å². The van der Waals surface area contributed by atoms with E-state index in [2.05, 4.69) is 0 Å². The summed E-state index contributed by atoms with van der Waals surface area (Å²) >= 11 is 0. The van der Waals surface area contributed by atoms with Gasteiger partial charge in [-0.05, 0) is 0 Å². The SMILES string of the molecule is FC(F)F.[Ba]. The van der Waals surface area contributed by atoms with Crippen LogP contribution in [0.25, 0.3) is 0 Å². The van der Waals surface area contributed by atoms with Gasteiger partial charge in [-0.3, -0.25) is 0 Å². The van der Waals surface area contributed by atoms with E-state index < -0.39 is 6.68 Å². The van der Waals surface area contributed by atoms with Gasteiger partial charge in [-0.1, -0.05) is 0 Å². The molecule has 0 unspecified atom stereocenters. The molecule has 0 fully saturated rings. The molecular formula is CHBaF3. The van der Waals surface area contributed by atoms with Crippen LogP contribution in [0, 0.1) is 0 Å². The third-order valence-electron chi connectivity index (χ3n) is 0. The maximum Gasteiger partial charge on any atom is 0.379 e. The zero-order valence-electron chi connectivity index (χ0n) is 2.42. The van der Waals surface area contributed by atoms with Crippen LogP contribution in [0.3, 0.4) is 0 Å². The number of hydrogen-bond donors (Lipinski definition) is 0. The molecule has 0 aromatic heterocycles. The van der Waals surface area contributed by atoms with E-state index in [9.17, 15) is 13.2 Å². The van der Waals surface area contributed by atoms with E-state index in [0.717, 1.165) is 0 Å². The number of rotatable bonds is 0. The van der Waals surface area contributed by atoms with Crippen molar-refractivity contribution in [3.8, 4) is 0 Å². The topological polar surface area (TPSA) is 0 Å². The molecule has 0 rings (SSSR count). The molecule has 0 aromatic rings. The van der Waals surface area contributed by atoms with Crippen LogP contribution < -0.4 is 0 Å². The standard InChI is InChI=1S/CHF3.Ba/c2-1(3)4;/h1H;. The molecule has 4 heteroatoms. The first-order chi connectivity index (χ1) is 1.73. The summed E-state index contributed by atoms with van der Waals surface area (Å²) in [6.07, 6.45) is 0. The molecular weight excluding hydrogens is 206 g/mol. The maximum atomic E-state index is 9.67. The van der Waals surface area contributed by atoms with Crippen molar-refractivity contribution in [1.82, 2.24) is 0 Å². The van der Waals surface area contributed by atoms with Crippen molar-refractivity contribution in [3.63, 3.8) is 0 Å². The number of halogens is 3. The normalized spacial score (nSPS) is 7.20. The summed E-state index contributed by atoms with van der Waals surface area (Å²) in [4.78, 5) is 0. The quantitative estimate of drug-likeness (QED) is 0.515. The minimum Gasteiger partial charge on any atom is -0.174 e. The molecule has 0 heterocycles. The summed E-state index contributed by atoms with van der Waals surface area (Å²) in [7, 11) is 0. The molecule has 0 amide bonds. The van der Waals surface area contributed by atoms with Crippen molar-refractivity contribution in [2.24, 2.45) is 0 Å². The van der Waals surface area contributed by atoms with E-state index in [1.165, 1.54) is 0 Å². The maximum absolute atomic E-state index is 9.67. The van der Waals surface area contributed by atoms with Gasteiger partial charge in [0.05, 0.1) is 0 Å². The molecule has 0 aliphatic heterocycles. The minimum absolute atomic E-state index is 0. The van der Waals surface area contributed by atoms with Crippen molar-refractivity contribution in [2.75, 3.05) is 0 Å². The Morgan fingerprint density at radius 2 is 1.00 bits per heavy atom. The zero-order valence-corrected chi connectivity index (χ0v) is 6.86. The Morgan fingerprint density at radius 1 is 1.00 bits per heavy atom.